The predicted molar refractivity (Wildman–Crippen MR) is 73.5 cm³/mol. The summed E-state index contributed by atoms with van der Waals surface area (Å²) in [5, 5.41) is 13.3. The first-order chi connectivity index (χ1) is 7.83. The third-order valence-electron chi connectivity index (χ3n) is 3.53. The molecule has 3 nitrogen and oxygen atoms in total. The first-order valence-corrected chi connectivity index (χ1v) is 7.46. The van der Waals surface area contributed by atoms with Crippen LogP contribution in [0.3, 0.4) is 0 Å². The van der Waals surface area contributed by atoms with E-state index in [0.717, 1.165) is 23.5 Å². The van der Waals surface area contributed by atoms with E-state index in [2.05, 4.69) is 19.2 Å². The Kier molecular flexibility index (Phi) is 5.32. The third-order valence-corrected chi connectivity index (χ3v) is 5.29. The molecular weight excluding hydrogens is 234 g/mol. The second-order valence-corrected chi connectivity index (χ2v) is 7.21. The van der Waals surface area contributed by atoms with Gasteiger partial charge in [0.05, 0.1) is 5.41 Å². The van der Waals surface area contributed by atoms with Crippen molar-refractivity contribution in [2.45, 2.75) is 51.8 Å². The smallest absolute Gasteiger partial charge is 0.309 e. The Hall–Kier alpha value is -0.220. The zero-order valence-corrected chi connectivity index (χ0v) is 12.1. The van der Waals surface area contributed by atoms with E-state index in [4.69, 9.17) is 5.11 Å². The van der Waals surface area contributed by atoms with Crippen LogP contribution in [0.1, 0.15) is 40.5 Å². The van der Waals surface area contributed by atoms with Gasteiger partial charge in [-0.1, -0.05) is 13.8 Å². The number of hydrogen-bond acceptors (Lipinski definition) is 3. The summed E-state index contributed by atoms with van der Waals surface area (Å²) in [4.78, 5) is 11.0. The lowest BCUT2D eigenvalue weighted by Gasteiger charge is -2.21. The van der Waals surface area contributed by atoms with E-state index in [1.165, 1.54) is 6.42 Å². The van der Waals surface area contributed by atoms with Crippen LogP contribution in [0.25, 0.3) is 0 Å². The molecule has 0 bridgehead atoms. The average Bonchev–Trinajstić information content (AvgIpc) is 2.66. The average molecular weight is 259 g/mol. The zero-order chi connectivity index (χ0) is 13.1. The molecule has 4 heteroatoms. The lowest BCUT2D eigenvalue weighted by Crippen LogP contribution is -2.35. The van der Waals surface area contributed by atoms with E-state index in [1.54, 1.807) is 13.8 Å². The number of carboxylic acids is 1. The van der Waals surface area contributed by atoms with Gasteiger partial charge in [-0.2, -0.15) is 11.8 Å². The molecule has 1 fully saturated rings. The summed E-state index contributed by atoms with van der Waals surface area (Å²) in [5.41, 5.74) is -0.615. The summed E-state index contributed by atoms with van der Waals surface area (Å²) >= 11 is 2.04. The Bertz CT molecular complexity index is 266. The number of thioether (sulfide) groups is 1. The molecule has 0 aromatic rings. The largest absolute Gasteiger partial charge is 0.481 e. The standard InChI is InChI=1S/C13H25NO2S/c1-9(2)11-7-10(8-17-11)14-6-5-13(3,4)12(15)16/h9-11,14H,5-8H2,1-4H3,(H,15,16). The first kappa shape index (κ1) is 14.8. The van der Waals surface area contributed by atoms with Crippen molar-refractivity contribution in [3.8, 4) is 0 Å². The van der Waals surface area contributed by atoms with Gasteiger partial charge in [-0.05, 0) is 39.2 Å². The van der Waals surface area contributed by atoms with Crippen LogP contribution in [-0.4, -0.2) is 34.7 Å². The Labute approximate surface area is 109 Å². The minimum atomic E-state index is -0.708. The van der Waals surface area contributed by atoms with E-state index in [0.29, 0.717) is 12.5 Å². The molecule has 0 saturated carbocycles. The highest BCUT2D eigenvalue weighted by Crippen LogP contribution is 2.32. The van der Waals surface area contributed by atoms with Gasteiger partial charge in [-0.15, -0.1) is 0 Å². The highest BCUT2D eigenvalue weighted by atomic mass is 32.2. The minimum Gasteiger partial charge on any atom is -0.481 e. The topological polar surface area (TPSA) is 49.3 Å². The molecule has 1 aliphatic rings. The van der Waals surface area contributed by atoms with Crippen molar-refractivity contribution in [2.24, 2.45) is 11.3 Å². The molecule has 100 valence electrons. The molecule has 0 spiro atoms. The van der Waals surface area contributed by atoms with Gasteiger partial charge in [0, 0.05) is 17.0 Å². The molecule has 0 radical (unpaired) electrons. The van der Waals surface area contributed by atoms with Gasteiger partial charge in [0.2, 0.25) is 0 Å². The zero-order valence-electron chi connectivity index (χ0n) is 11.3. The van der Waals surface area contributed by atoms with Crippen molar-refractivity contribution < 1.29 is 9.90 Å². The monoisotopic (exact) mass is 259 g/mol. The van der Waals surface area contributed by atoms with Gasteiger partial charge < -0.3 is 10.4 Å². The maximum Gasteiger partial charge on any atom is 0.309 e. The third kappa shape index (κ3) is 4.51. The number of aliphatic carboxylic acids is 1. The van der Waals surface area contributed by atoms with Crippen LogP contribution in [0, 0.1) is 11.3 Å². The van der Waals surface area contributed by atoms with Gasteiger partial charge in [-0.3, -0.25) is 4.79 Å². The van der Waals surface area contributed by atoms with E-state index in [9.17, 15) is 4.79 Å². The molecule has 1 aliphatic heterocycles. The van der Waals surface area contributed by atoms with Crippen LogP contribution in [0.15, 0.2) is 0 Å². The quantitative estimate of drug-likeness (QED) is 0.770. The SMILES string of the molecule is CC(C)C1CC(NCCC(C)(C)C(=O)O)CS1. The van der Waals surface area contributed by atoms with Crippen molar-refractivity contribution >= 4 is 17.7 Å². The fraction of sp³-hybridized carbons (Fsp3) is 0.923. The maximum atomic E-state index is 11.0. The van der Waals surface area contributed by atoms with Gasteiger partial charge in [0.1, 0.15) is 0 Å². The molecule has 0 aromatic carbocycles. The lowest BCUT2D eigenvalue weighted by atomic mass is 9.89. The van der Waals surface area contributed by atoms with Crippen molar-refractivity contribution in [3.63, 3.8) is 0 Å². The fourth-order valence-electron chi connectivity index (χ4n) is 1.96. The molecular formula is C13H25NO2S. The van der Waals surface area contributed by atoms with Crippen LogP contribution in [-0.2, 0) is 4.79 Å². The van der Waals surface area contributed by atoms with Gasteiger partial charge >= 0.3 is 5.97 Å². The molecule has 1 heterocycles. The van der Waals surface area contributed by atoms with Gasteiger partial charge in [0.25, 0.3) is 0 Å². The lowest BCUT2D eigenvalue weighted by molar-refractivity contribution is -0.147. The van der Waals surface area contributed by atoms with E-state index in [1.807, 2.05) is 11.8 Å². The van der Waals surface area contributed by atoms with Crippen molar-refractivity contribution in [1.82, 2.24) is 5.32 Å². The Morgan fingerprint density at radius 3 is 2.65 bits per heavy atom. The molecule has 0 amide bonds. The van der Waals surface area contributed by atoms with Crippen LogP contribution >= 0.6 is 11.8 Å². The van der Waals surface area contributed by atoms with E-state index < -0.39 is 11.4 Å². The number of nitrogens with one attached hydrogen (secondary N) is 1. The first-order valence-electron chi connectivity index (χ1n) is 6.41. The Morgan fingerprint density at radius 1 is 1.53 bits per heavy atom. The summed E-state index contributed by atoms with van der Waals surface area (Å²) in [6.07, 6.45) is 1.91. The van der Waals surface area contributed by atoms with Crippen LogP contribution < -0.4 is 5.32 Å². The van der Waals surface area contributed by atoms with Gasteiger partial charge in [-0.25, -0.2) is 0 Å². The number of hydrogen-bond donors (Lipinski definition) is 2. The summed E-state index contributed by atoms with van der Waals surface area (Å²) in [5.74, 6) is 1.19. The van der Waals surface area contributed by atoms with Crippen LogP contribution in [0.5, 0.6) is 0 Å². The second kappa shape index (κ2) is 6.10. The Morgan fingerprint density at radius 2 is 2.18 bits per heavy atom. The molecule has 17 heavy (non-hydrogen) atoms. The minimum absolute atomic E-state index is 0.567. The molecule has 1 rings (SSSR count). The van der Waals surface area contributed by atoms with Crippen LogP contribution in [0.4, 0.5) is 0 Å². The molecule has 0 aromatic heterocycles. The fourth-order valence-corrected chi connectivity index (χ4v) is 3.45. The highest BCUT2D eigenvalue weighted by Gasteiger charge is 2.29. The van der Waals surface area contributed by atoms with E-state index in [-0.39, 0.29) is 0 Å². The number of carboxylic acid groups (broad SMARTS) is 1. The summed E-state index contributed by atoms with van der Waals surface area (Å²) < 4.78 is 0. The molecule has 2 atom stereocenters. The normalized spacial score (nSPS) is 25.5. The summed E-state index contributed by atoms with van der Waals surface area (Å²) in [6.45, 7) is 8.92. The molecule has 0 aliphatic carbocycles. The summed E-state index contributed by atoms with van der Waals surface area (Å²) in [6, 6.07) is 0.567. The number of carbonyl (C=O) groups is 1. The predicted octanol–water partition coefficient (Wildman–Crippen LogP) is 2.61. The van der Waals surface area contributed by atoms with E-state index >= 15 is 0 Å². The molecule has 1 saturated heterocycles. The summed E-state index contributed by atoms with van der Waals surface area (Å²) in [7, 11) is 0. The van der Waals surface area contributed by atoms with Crippen molar-refractivity contribution in [2.75, 3.05) is 12.3 Å². The van der Waals surface area contributed by atoms with Crippen LogP contribution in [0.2, 0.25) is 0 Å². The highest BCUT2D eigenvalue weighted by molar-refractivity contribution is 8.00. The molecule has 2 unspecified atom stereocenters. The maximum absolute atomic E-state index is 11.0. The van der Waals surface area contributed by atoms with Gasteiger partial charge in [0.15, 0.2) is 0 Å². The van der Waals surface area contributed by atoms with Crippen molar-refractivity contribution in [1.29, 1.82) is 0 Å². The Balaban J connectivity index is 2.23. The molecule has 2 N–H and O–H groups in total. The second-order valence-electron chi connectivity index (χ2n) is 5.94. The number of rotatable bonds is 6. The van der Waals surface area contributed by atoms with Crippen molar-refractivity contribution in [3.05, 3.63) is 0 Å².